The summed E-state index contributed by atoms with van der Waals surface area (Å²) in [6, 6.07) is 11.2. The minimum Gasteiger partial charge on any atom is -0.395 e. The third-order valence-corrected chi connectivity index (χ3v) is 3.46. The summed E-state index contributed by atoms with van der Waals surface area (Å²) in [4.78, 5) is 4.10. The van der Waals surface area contributed by atoms with Crippen molar-refractivity contribution in [1.29, 1.82) is 0 Å². The van der Waals surface area contributed by atoms with Crippen molar-refractivity contribution in [2.45, 2.75) is 12.6 Å². The second kappa shape index (κ2) is 6.38. The number of rotatable bonds is 2. The van der Waals surface area contributed by atoms with Gasteiger partial charge in [0.15, 0.2) is 0 Å². The SMILES string of the molecule is OCCC#Cc1cc(C(F)(F)F)cc2ncn(-c3ccccc3)c12. The first-order valence-electron chi connectivity index (χ1n) is 7.24. The molecular formula is C18H13F3N2O. The Morgan fingerprint density at radius 3 is 2.54 bits per heavy atom. The Kier molecular flexibility index (Phi) is 4.28. The van der Waals surface area contributed by atoms with Crippen LogP contribution < -0.4 is 0 Å². The number of imidazole rings is 1. The molecule has 0 saturated heterocycles. The number of aliphatic hydroxyl groups is 1. The average Bonchev–Trinajstić information content (AvgIpc) is 2.99. The molecule has 0 bridgehead atoms. The Morgan fingerprint density at radius 1 is 1.12 bits per heavy atom. The summed E-state index contributed by atoms with van der Waals surface area (Å²) >= 11 is 0. The minimum absolute atomic E-state index is 0.146. The molecule has 24 heavy (non-hydrogen) atoms. The van der Waals surface area contributed by atoms with E-state index in [2.05, 4.69) is 16.8 Å². The van der Waals surface area contributed by atoms with Crippen molar-refractivity contribution in [2.24, 2.45) is 0 Å². The van der Waals surface area contributed by atoms with E-state index in [4.69, 9.17) is 5.11 Å². The van der Waals surface area contributed by atoms with Gasteiger partial charge in [0, 0.05) is 12.1 Å². The van der Waals surface area contributed by atoms with Crippen LogP contribution in [0.25, 0.3) is 16.7 Å². The molecule has 2 aromatic carbocycles. The summed E-state index contributed by atoms with van der Waals surface area (Å²) in [5, 5.41) is 8.83. The highest BCUT2D eigenvalue weighted by atomic mass is 19.4. The van der Waals surface area contributed by atoms with E-state index in [-0.39, 0.29) is 24.1 Å². The molecule has 1 heterocycles. The van der Waals surface area contributed by atoms with E-state index in [1.54, 1.807) is 4.57 Å². The van der Waals surface area contributed by atoms with E-state index in [1.165, 1.54) is 6.33 Å². The van der Waals surface area contributed by atoms with E-state index < -0.39 is 11.7 Å². The molecule has 122 valence electrons. The van der Waals surface area contributed by atoms with Gasteiger partial charge in [0.2, 0.25) is 0 Å². The third-order valence-electron chi connectivity index (χ3n) is 3.46. The first kappa shape index (κ1) is 16.1. The van der Waals surface area contributed by atoms with Gasteiger partial charge in [-0.05, 0) is 24.3 Å². The van der Waals surface area contributed by atoms with Gasteiger partial charge in [-0.2, -0.15) is 13.2 Å². The van der Waals surface area contributed by atoms with Gasteiger partial charge in [0.05, 0.1) is 28.8 Å². The number of para-hydroxylation sites is 1. The van der Waals surface area contributed by atoms with Crippen molar-refractivity contribution in [3.8, 4) is 17.5 Å². The lowest BCUT2D eigenvalue weighted by Crippen LogP contribution is -2.06. The van der Waals surface area contributed by atoms with Crippen LogP contribution in [-0.2, 0) is 6.18 Å². The first-order valence-corrected chi connectivity index (χ1v) is 7.24. The fraction of sp³-hybridized carbons (Fsp3) is 0.167. The predicted octanol–water partition coefficient (Wildman–Crippen LogP) is 3.78. The van der Waals surface area contributed by atoms with Gasteiger partial charge in [0.1, 0.15) is 6.33 Å². The topological polar surface area (TPSA) is 38.1 Å². The molecule has 0 aliphatic carbocycles. The average molecular weight is 330 g/mol. The summed E-state index contributed by atoms with van der Waals surface area (Å²) in [6.45, 7) is -0.146. The molecule has 0 radical (unpaired) electrons. The standard InChI is InChI=1S/C18H13F3N2O/c19-18(20,21)14-10-13(6-4-5-9-24)17-16(11-14)22-12-23(17)15-7-2-1-3-8-15/h1-3,7-8,10-12,24H,5,9H2. The number of aromatic nitrogens is 2. The Hall–Kier alpha value is -2.78. The van der Waals surface area contributed by atoms with Crippen LogP contribution in [0, 0.1) is 11.8 Å². The Bertz CT molecular complexity index is 918. The van der Waals surface area contributed by atoms with E-state index in [0.717, 1.165) is 17.8 Å². The highest BCUT2D eigenvalue weighted by molar-refractivity contribution is 5.85. The van der Waals surface area contributed by atoms with Crippen LogP contribution in [0.1, 0.15) is 17.5 Å². The molecule has 0 aliphatic heterocycles. The Labute approximate surface area is 136 Å². The maximum Gasteiger partial charge on any atom is 0.416 e. The van der Waals surface area contributed by atoms with Crippen LogP contribution >= 0.6 is 0 Å². The Balaban J connectivity index is 2.26. The molecule has 0 aliphatic rings. The molecule has 0 spiro atoms. The first-order chi connectivity index (χ1) is 11.5. The number of aliphatic hydroxyl groups excluding tert-OH is 1. The smallest absolute Gasteiger partial charge is 0.395 e. The number of nitrogens with zero attached hydrogens (tertiary/aromatic N) is 2. The predicted molar refractivity (Wildman–Crippen MR) is 84.7 cm³/mol. The number of fused-ring (bicyclic) bond motifs is 1. The fourth-order valence-electron chi connectivity index (χ4n) is 2.41. The Morgan fingerprint density at radius 2 is 1.88 bits per heavy atom. The lowest BCUT2D eigenvalue weighted by molar-refractivity contribution is -0.137. The van der Waals surface area contributed by atoms with E-state index in [9.17, 15) is 13.2 Å². The molecule has 1 aromatic heterocycles. The fourth-order valence-corrected chi connectivity index (χ4v) is 2.41. The number of hydrogen-bond donors (Lipinski definition) is 1. The molecule has 3 rings (SSSR count). The summed E-state index contributed by atoms with van der Waals surface area (Å²) in [5.74, 6) is 5.41. The number of hydrogen-bond acceptors (Lipinski definition) is 2. The highest BCUT2D eigenvalue weighted by Crippen LogP contribution is 2.33. The van der Waals surface area contributed by atoms with Crippen LogP contribution in [0.15, 0.2) is 48.8 Å². The van der Waals surface area contributed by atoms with Crippen molar-refractivity contribution >= 4 is 11.0 Å². The minimum atomic E-state index is -4.47. The summed E-state index contributed by atoms with van der Waals surface area (Å²) in [7, 11) is 0. The third kappa shape index (κ3) is 3.12. The largest absolute Gasteiger partial charge is 0.416 e. The molecule has 1 N–H and O–H groups in total. The molecule has 6 heteroatoms. The highest BCUT2D eigenvalue weighted by Gasteiger charge is 2.32. The molecule has 3 aromatic rings. The molecule has 0 fully saturated rings. The van der Waals surface area contributed by atoms with Gasteiger partial charge in [-0.3, -0.25) is 4.57 Å². The zero-order chi connectivity index (χ0) is 17.2. The lowest BCUT2D eigenvalue weighted by atomic mass is 10.1. The van der Waals surface area contributed by atoms with Crippen molar-refractivity contribution in [3.63, 3.8) is 0 Å². The van der Waals surface area contributed by atoms with Gasteiger partial charge >= 0.3 is 6.18 Å². The molecule has 0 atom stereocenters. The number of benzene rings is 2. The molecule has 0 saturated carbocycles. The normalized spacial score (nSPS) is 11.3. The maximum absolute atomic E-state index is 13.1. The van der Waals surface area contributed by atoms with Crippen molar-refractivity contribution in [1.82, 2.24) is 9.55 Å². The lowest BCUT2D eigenvalue weighted by Gasteiger charge is -2.10. The van der Waals surface area contributed by atoms with Gasteiger partial charge in [-0.1, -0.05) is 30.0 Å². The number of halogens is 3. The van der Waals surface area contributed by atoms with Gasteiger partial charge in [-0.15, -0.1) is 0 Å². The van der Waals surface area contributed by atoms with Crippen LogP contribution in [-0.4, -0.2) is 21.3 Å². The summed E-state index contributed by atoms with van der Waals surface area (Å²) in [6.07, 6.45) is -2.80. The van der Waals surface area contributed by atoms with E-state index in [1.807, 2.05) is 30.3 Å². The van der Waals surface area contributed by atoms with Crippen LogP contribution in [0.2, 0.25) is 0 Å². The van der Waals surface area contributed by atoms with Crippen LogP contribution in [0.3, 0.4) is 0 Å². The van der Waals surface area contributed by atoms with Gasteiger partial charge < -0.3 is 5.11 Å². The summed E-state index contributed by atoms with van der Waals surface area (Å²) in [5.41, 5.74) is 0.961. The zero-order valence-corrected chi connectivity index (χ0v) is 12.5. The van der Waals surface area contributed by atoms with Crippen molar-refractivity contribution in [2.75, 3.05) is 6.61 Å². The second-order valence-corrected chi connectivity index (χ2v) is 5.11. The monoisotopic (exact) mass is 330 g/mol. The van der Waals surface area contributed by atoms with E-state index >= 15 is 0 Å². The molecule has 0 amide bonds. The van der Waals surface area contributed by atoms with Crippen LogP contribution in [0.4, 0.5) is 13.2 Å². The second-order valence-electron chi connectivity index (χ2n) is 5.11. The summed E-state index contributed by atoms with van der Waals surface area (Å²) < 4.78 is 41.0. The molecule has 0 unspecified atom stereocenters. The van der Waals surface area contributed by atoms with Gasteiger partial charge in [0.25, 0.3) is 0 Å². The quantitative estimate of drug-likeness (QED) is 0.726. The van der Waals surface area contributed by atoms with Crippen LogP contribution in [0.5, 0.6) is 0 Å². The van der Waals surface area contributed by atoms with Gasteiger partial charge in [-0.25, -0.2) is 4.98 Å². The molecular weight excluding hydrogens is 317 g/mol. The zero-order valence-electron chi connectivity index (χ0n) is 12.5. The van der Waals surface area contributed by atoms with Crippen molar-refractivity contribution in [3.05, 3.63) is 59.9 Å². The van der Waals surface area contributed by atoms with Crippen molar-refractivity contribution < 1.29 is 18.3 Å². The maximum atomic E-state index is 13.1. The molecule has 3 nitrogen and oxygen atoms in total. The van der Waals surface area contributed by atoms with E-state index in [0.29, 0.717) is 5.52 Å². The number of alkyl halides is 3.